The molecule has 1 aliphatic rings. The summed E-state index contributed by atoms with van der Waals surface area (Å²) in [6.45, 7) is 5.11. The Balaban J connectivity index is 2.27. The quantitative estimate of drug-likeness (QED) is 0.729. The van der Waals surface area contributed by atoms with E-state index < -0.39 is 5.41 Å². The predicted molar refractivity (Wildman–Crippen MR) is 60.3 cm³/mol. The first-order chi connectivity index (χ1) is 7.69. The molecule has 0 amide bonds. The number of carbonyl (C=O) groups excluding carboxylic acids is 1. The van der Waals surface area contributed by atoms with Crippen LogP contribution in [0.3, 0.4) is 0 Å². The van der Waals surface area contributed by atoms with Gasteiger partial charge in [0.05, 0.1) is 19.8 Å². The lowest BCUT2D eigenvalue weighted by Gasteiger charge is -2.39. The molecule has 1 heterocycles. The van der Waals surface area contributed by atoms with E-state index in [1.165, 1.54) is 5.56 Å². The second-order valence-electron chi connectivity index (χ2n) is 4.16. The van der Waals surface area contributed by atoms with Gasteiger partial charge in [-0.15, -0.1) is 0 Å². The molecule has 16 heavy (non-hydrogen) atoms. The maximum absolute atomic E-state index is 11.9. The van der Waals surface area contributed by atoms with Crippen molar-refractivity contribution in [3.05, 3.63) is 35.4 Å². The van der Waals surface area contributed by atoms with E-state index in [0.29, 0.717) is 19.8 Å². The standard InChI is InChI=1S/C13H16O3/c1-3-16-12(14)13(8-15-9-13)11-6-4-10(2)5-7-11/h4-7H,3,8-9H2,1-2H3. The van der Waals surface area contributed by atoms with Gasteiger partial charge in [0, 0.05) is 0 Å². The van der Waals surface area contributed by atoms with Crippen LogP contribution in [0.25, 0.3) is 0 Å². The summed E-state index contributed by atoms with van der Waals surface area (Å²) in [5.41, 5.74) is 1.61. The minimum atomic E-state index is -0.566. The fourth-order valence-corrected chi connectivity index (χ4v) is 1.85. The van der Waals surface area contributed by atoms with Crippen molar-refractivity contribution in [2.45, 2.75) is 19.3 Å². The minimum Gasteiger partial charge on any atom is -0.465 e. The third-order valence-electron chi connectivity index (χ3n) is 2.97. The van der Waals surface area contributed by atoms with E-state index >= 15 is 0 Å². The molecule has 0 saturated carbocycles. The molecule has 0 unspecified atom stereocenters. The van der Waals surface area contributed by atoms with E-state index in [-0.39, 0.29) is 5.97 Å². The van der Waals surface area contributed by atoms with Crippen molar-refractivity contribution < 1.29 is 14.3 Å². The maximum atomic E-state index is 11.9. The van der Waals surface area contributed by atoms with Crippen molar-refractivity contribution in [1.82, 2.24) is 0 Å². The van der Waals surface area contributed by atoms with Crippen molar-refractivity contribution in [3.8, 4) is 0 Å². The van der Waals surface area contributed by atoms with Crippen LogP contribution < -0.4 is 0 Å². The van der Waals surface area contributed by atoms with Gasteiger partial charge in [-0.05, 0) is 19.4 Å². The van der Waals surface area contributed by atoms with Gasteiger partial charge in [-0.3, -0.25) is 4.79 Å². The van der Waals surface area contributed by atoms with Crippen LogP contribution in [0.1, 0.15) is 18.1 Å². The van der Waals surface area contributed by atoms with Gasteiger partial charge in [-0.1, -0.05) is 29.8 Å². The van der Waals surface area contributed by atoms with Crippen molar-refractivity contribution >= 4 is 5.97 Å². The number of carbonyl (C=O) groups is 1. The number of esters is 1. The first-order valence-electron chi connectivity index (χ1n) is 5.51. The van der Waals surface area contributed by atoms with Crippen molar-refractivity contribution in [3.63, 3.8) is 0 Å². The molecule has 86 valence electrons. The van der Waals surface area contributed by atoms with Gasteiger partial charge in [-0.2, -0.15) is 0 Å². The van der Waals surface area contributed by atoms with Crippen LogP contribution in [0.4, 0.5) is 0 Å². The molecule has 3 heteroatoms. The Morgan fingerprint density at radius 1 is 1.38 bits per heavy atom. The van der Waals surface area contributed by atoms with E-state index in [1.807, 2.05) is 38.1 Å². The largest absolute Gasteiger partial charge is 0.465 e. The van der Waals surface area contributed by atoms with Gasteiger partial charge >= 0.3 is 5.97 Å². The zero-order chi connectivity index (χ0) is 11.6. The summed E-state index contributed by atoms with van der Waals surface area (Å²) in [5.74, 6) is -0.176. The average molecular weight is 220 g/mol. The van der Waals surface area contributed by atoms with Crippen LogP contribution in [0, 0.1) is 6.92 Å². The summed E-state index contributed by atoms with van der Waals surface area (Å²) in [7, 11) is 0. The molecule has 1 fully saturated rings. The Morgan fingerprint density at radius 2 is 2.00 bits per heavy atom. The Bertz CT molecular complexity index is 377. The SMILES string of the molecule is CCOC(=O)C1(c2ccc(C)cc2)COC1. The molecule has 1 aromatic rings. The van der Waals surface area contributed by atoms with Crippen molar-refractivity contribution in [1.29, 1.82) is 0 Å². The molecule has 0 bridgehead atoms. The molecule has 2 rings (SSSR count). The number of benzene rings is 1. The summed E-state index contributed by atoms with van der Waals surface area (Å²) in [6.07, 6.45) is 0. The molecule has 1 saturated heterocycles. The maximum Gasteiger partial charge on any atom is 0.321 e. The van der Waals surface area contributed by atoms with Gasteiger partial charge < -0.3 is 9.47 Å². The Labute approximate surface area is 95.4 Å². The van der Waals surface area contributed by atoms with Crippen LogP contribution in [-0.4, -0.2) is 25.8 Å². The van der Waals surface area contributed by atoms with Gasteiger partial charge in [0.2, 0.25) is 0 Å². The number of aryl methyl sites for hydroxylation is 1. The highest BCUT2D eigenvalue weighted by atomic mass is 16.6. The molecule has 0 aliphatic carbocycles. The normalized spacial score (nSPS) is 17.6. The van der Waals surface area contributed by atoms with E-state index in [2.05, 4.69) is 0 Å². The molecule has 3 nitrogen and oxygen atoms in total. The highest BCUT2D eigenvalue weighted by Crippen LogP contribution is 2.33. The minimum absolute atomic E-state index is 0.176. The number of rotatable bonds is 3. The number of hydrogen-bond donors (Lipinski definition) is 0. The predicted octanol–water partition coefficient (Wildman–Crippen LogP) is 1.83. The van der Waals surface area contributed by atoms with E-state index in [0.717, 1.165) is 5.56 Å². The van der Waals surface area contributed by atoms with Gasteiger partial charge in [-0.25, -0.2) is 0 Å². The lowest BCUT2D eigenvalue weighted by molar-refractivity contribution is -0.169. The Kier molecular flexibility index (Phi) is 2.97. The summed E-state index contributed by atoms with van der Waals surface area (Å²) in [6, 6.07) is 7.98. The second kappa shape index (κ2) is 4.26. The van der Waals surface area contributed by atoms with Gasteiger partial charge in [0.15, 0.2) is 0 Å². The van der Waals surface area contributed by atoms with Crippen molar-refractivity contribution in [2.75, 3.05) is 19.8 Å². The molecular formula is C13H16O3. The summed E-state index contributed by atoms with van der Waals surface area (Å²) >= 11 is 0. The lowest BCUT2D eigenvalue weighted by Crippen LogP contribution is -2.53. The van der Waals surface area contributed by atoms with Crippen LogP contribution in [0.2, 0.25) is 0 Å². The first kappa shape index (κ1) is 11.1. The summed E-state index contributed by atoms with van der Waals surface area (Å²) in [5, 5.41) is 0. The molecule has 0 aromatic heterocycles. The average Bonchev–Trinajstić information content (AvgIpc) is 2.19. The molecular weight excluding hydrogens is 204 g/mol. The molecule has 0 radical (unpaired) electrons. The van der Waals surface area contributed by atoms with Crippen LogP contribution in [-0.2, 0) is 19.7 Å². The van der Waals surface area contributed by atoms with Crippen molar-refractivity contribution in [2.24, 2.45) is 0 Å². The molecule has 1 aliphatic heterocycles. The van der Waals surface area contributed by atoms with E-state index in [9.17, 15) is 4.79 Å². The third kappa shape index (κ3) is 1.71. The van der Waals surface area contributed by atoms with Gasteiger partial charge in [0.1, 0.15) is 5.41 Å². The van der Waals surface area contributed by atoms with E-state index in [4.69, 9.17) is 9.47 Å². The number of hydrogen-bond acceptors (Lipinski definition) is 3. The van der Waals surface area contributed by atoms with Gasteiger partial charge in [0.25, 0.3) is 0 Å². The zero-order valence-electron chi connectivity index (χ0n) is 9.66. The molecule has 0 N–H and O–H groups in total. The topological polar surface area (TPSA) is 35.5 Å². The highest BCUT2D eigenvalue weighted by molar-refractivity contribution is 5.84. The first-order valence-corrected chi connectivity index (χ1v) is 5.51. The molecule has 0 atom stereocenters. The fourth-order valence-electron chi connectivity index (χ4n) is 1.85. The zero-order valence-corrected chi connectivity index (χ0v) is 9.66. The lowest BCUT2D eigenvalue weighted by atomic mass is 9.78. The van der Waals surface area contributed by atoms with Crippen LogP contribution in [0.5, 0.6) is 0 Å². The highest BCUT2D eigenvalue weighted by Gasteiger charge is 2.48. The van der Waals surface area contributed by atoms with Crippen LogP contribution in [0.15, 0.2) is 24.3 Å². The Morgan fingerprint density at radius 3 is 2.44 bits per heavy atom. The second-order valence-corrected chi connectivity index (χ2v) is 4.16. The third-order valence-corrected chi connectivity index (χ3v) is 2.97. The van der Waals surface area contributed by atoms with E-state index in [1.54, 1.807) is 0 Å². The molecule has 1 aromatic carbocycles. The number of ether oxygens (including phenoxy) is 2. The Hall–Kier alpha value is -1.35. The summed E-state index contributed by atoms with van der Waals surface area (Å²) < 4.78 is 10.3. The smallest absolute Gasteiger partial charge is 0.321 e. The summed E-state index contributed by atoms with van der Waals surface area (Å²) in [4.78, 5) is 11.9. The monoisotopic (exact) mass is 220 g/mol. The van der Waals surface area contributed by atoms with Crippen LogP contribution >= 0.6 is 0 Å². The molecule has 0 spiro atoms. The fraction of sp³-hybridized carbons (Fsp3) is 0.462.